The summed E-state index contributed by atoms with van der Waals surface area (Å²) in [5.41, 5.74) is 5.67. The molecular formula is C30H30. The van der Waals surface area contributed by atoms with Gasteiger partial charge in [0.05, 0.1) is 0 Å². The number of benzene rings is 4. The topological polar surface area (TPSA) is 0 Å². The van der Waals surface area contributed by atoms with Crippen molar-refractivity contribution in [1.29, 1.82) is 0 Å². The monoisotopic (exact) mass is 390 g/mol. The normalized spacial score (nSPS) is 13.1. The molecule has 0 heteroatoms. The van der Waals surface area contributed by atoms with Gasteiger partial charge in [0.1, 0.15) is 0 Å². The van der Waals surface area contributed by atoms with Gasteiger partial charge in [-0.3, -0.25) is 0 Å². The Kier molecular flexibility index (Phi) is 6.77. The Morgan fingerprint density at radius 3 is 1.23 bits per heavy atom. The zero-order valence-corrected chi connectivity index (χ0v) is 17.7. The molecule has 150 valence electrons. The van der Waals surface area contributed by atoms with Crippen LogP contribution >= 0.6 is 0 Å². The maximum absolute atomic E-state index is 2.37. The second kappa shape index (κ2) is 10.1. The zero-order chi connectivity index (χ0) is 20.6. The highest BCUT2D eigenvalue weighted by Crippen LogP contribution is 2.39. The smallest absolute Gasteiger partial charge is 0.00951 e. The van der Waals surface area contributed by atoms with E-state index in [1.165, 1.54) is 22.3 Å². The molecule has 0 fully saturated rings. The molecule has 2 atom stereocenters. The van der Waals surface area contributed by atoms with Gasteiger partial charge in [0.25, 0.3) is 0 Å². The van der Waals surface area contributed by atoms with Crippen molar-refractivity contribution < 1.29 is 0 Å². The number of rotatable bonds is 8. The minimum absolute atomic E-state index is 0.389. The van der Waals surface area contributed by atoms with E-state index in [4.69, 9.17) is 0 Å². The molecule has 0 saturated carbocycles. The summed E-state index contributed by atoms with van der Waals surface area (Å²) in [6, 6.07) is 44.0. The van der Waals surface area contributed by atoms with E-state index in [1.54, 1.807) is 0 Å². The van der Waals surface area contributed by atoms with Gasteiger partial charge < -0.3 is 0 Å². The Morgan fingerprint density at radius 2 is 0.800 bits per heavy atom. The van der Waals surface area contributed by atoms with Crippen molar-refractivity contribution in [3.8, 4) is 0 Å². The second-order valence-corrected chi connectivity index (χ2v) is 8.26. The summed E-state index contributed by atoms with van der Waals surface area (Å²) in [6.45, 7) is 2.37. The van der Waals surface area contributed by atoms with Crippen LogP contribution in [0.1, 0.15) is 59.8 Å². The molecule has 0 aliphatic rings. The van der Waals surface area contributed by atoms with E-state index in [0.717, 1.165) is 12.8 Å². The van der Waals surface area contributed by atoms with Crippen LogP contribution in [0.25, 0.3) is 0 Å². The lowest BCUT2D eigenvalue weighted by molar-refractivity contribution is 0.500. The minimum Gasteiger partial charge on any atom is -0.0622 e. The highest BCUT2D eigenvalue weighted by atomic mass is 14.3. The van der Waals surface area contributed by atoms with Gasteiger partial charge in [0.15, 0.2) is 0 Å². The fraction of sp³-hybridized carbons (Fsp3) is 0.200. The van der Waals surface area contributed by atoms with Crippen LogP contribution in [0.4, 0.5) is 0 Å². The summed E-state index contributed by atoms with van der Waals surface area (Å²) in [4.78, 5) is 0. The molecule has 4 aromatic carbocycles. The van der Waals surface area contributed by atoms with Crippen molar-refractivity contribution in [1.82, 2.24) is 0 Å². The van der Waals surface area contributed by atoms with Crippen LogP contribution in [-0.4, -0.2) is 0 Å². The van der Waals surface area contributed by atoms with Crippen molar-refractivity contribution in [2.24, 2.45) is 0 Å². The van der Waals surface area contributed by atoms with Crippen molar-refractivity contribution in [2.75, 3.05) is 0 Å². The molecule has 0 aromatic heterocycles. The first kappa shape index (κ1) is 20.2. The lowest BCUT2D eigenvalue weighted by atomic mass is 9.77. The summed E-state index contributed by atoms with van der Waals surface area (Å²) in [7, 11) is 0. The predicted octanol–water partition coefficient (Wildman–Crippen LogP) is 8.19. The Hall–Kier alpha value is -3.12. The summed E-state index contributed by atoms with van der Waals surface area (Å²) < 4.78 is 0. The van der Waals surface area contributed by atoms with E-state index in [-0.39, 0.29) is 0 Å². The van der Waals surface area contributed by atoms with Crippen LogP contribution < -0.4 is 0 Å². The second-order valence-electron chi connectivity index (χ2n) is 8.26. The zero-order valence-electron chi connectivity index (χ0n) is 17.7. The Labute approximate surface area is 181 Å². The Morgan fingerprint density at radius 1 is 0.433 bits per heavy atom. The molecule has 2 unspecified atom stereocenters. The standard InChI is InChI=1S/C30H30/c1-24(25-14-6-2-7-15-25)22-29(26-16-8-3-9-17-26)23-30(27-18-10-4-11-19-27)28-20-12-5-13-21-28/h2-21,24,29-30H,22-23H2,1H3. The van der Waals surface area contributed by atoms with Gasteiger partial charge in [-0.25, -0.2) is 0 Å². The Balaban J connectivity index is 1.67. The molecule has 0 heterocycles. The molecule has 0 nitrogen and oxygen atoms in total. The largest absolute Gasteiger partial charge is 0.0622 e. The van der Waals surface area contributed by atoms with Crippen LogP contribution in [0, 0.1) is 0 Å². The minimum atomic E-state index is 0.389. The molecule has 0 aliphatic heterocycles. The van der Waals surface area contributed by atoms with Crippen LogP contribution in [0.5, 0.6) is 0 Å². The fourth-order valence-electron chi connectivity index (χ4n) is 4.56. The van der Waals surface area contributed by atoms with Crippen LogP contribution in [0.3, 0.4) is 0 Å². The molecular weight excluding hydrogens is 360 g/mol. The van der Waals surface area contributed by atoms with Crippen LogP contribution in [-0.2, 0) is 0 Å². The van der Waals surface area contributed by atoms with Crippen LogP contribution in [0.2, 0.25) is 0 Å². The lowest BCUT2D eigenvalue weighted by Crippen LogP contribution is -2.11. The average molecular weight is 391 g/mol. The quantitative estimate of drug-likeness (QED) is 0.284. The molecule has 0 spiro atoms. The predicted molar refractivity (Wildman–Crippen MR) is 128 cm³/mol. The molecule has 30 heavy (non-hydrogen) atoms. The summed E-state index contributed by atoms with van der Waals surface area (Å²) in [5, 5.41) is 0. The van der Waals surface area contributed by atoms with Gasteiger partial charge in [0.2, 0.25) is 0 Å². The van der Waals surface area contributed by atoms with Gasteiger partial charge in [-0.1, -0.05) is 128 Å². The molecule has 4 rings (SSSR count). The van der Waals surface area contributed by atoms with E-state index in [9.17, 15) is 0 Å². The molecule has 4 aromatic rings. The van der Waals surface area contributed by atoms with E-state index >= 15 is 0 Å². The first-order valence-corrected chi connectivity index (χ1v) is 11.0. The van der Waals surface area contributed by atoms with E-state index < -0.39 is 0 Å². The highest BCUT2D eigenvalue weighted by molar-refractivity contribution is 5.34. The first-order chi connectivity index (χ1) is 14.8. The maximum atomic E-state index is 2.37. The maximum Gasteiger partial charge on any atom is 0.00951 e. The first-order valence-electron chi connectivity index (χ1n) is 11.0. The van der Waals surface area contributed by atoms with Crippen molar-refractivity contribution in [2.45, 2.75) is 37.5 Å². The third kappa shape index (κ3) is 5.07. The Bertz CT molecular complexity index is 951. The van der Waals surface area contributed by atoms with Crippen molar-refractivity contribution in [3.05, 3.63) is 144 Å². The molecule has 0 radical (unpaired) electrons. The summed E-state index contributed by atoms with van der Waals surface area (Å²) in [6.07, 6.45) is 2.25. The van der Waals surface area contributed by atoms with Crippen molar-refractivity contribution in [3.63, 3.8) is 0 Å². The summed E-state index contributed by atoms with van der Waals surface area (Å²) >= 11 is 0. The third-order valence-electron chi connectivity index (χ3n) is 6.20. The fourth-order valence-corrected chi connectivity index (χ4v) is 4.56. The lowest BCUT2D eigenvalue weighted by Gasteiger charge is -2.27. The average Bonchev–Trinajstić information content (AvgIpc) is 2.84. The van der Waals surface area contributed by atoms with Gasteiger partial charge in [0, 0.05) is 5.92 Å². The van der Waals surface area contributed by atoms with Crippen LogP contribution in [0.15, 0.2) is 121 Å². The van der Waals surface area contributed by atoms with Gasteiger partial charge in [-0.15, -0.1) is 0 Å². The molecule has 0 saturated heterocycles. The molecule has 0 aliphatic carbocycles. The number of hydrogen-bond donors (Lipinski definition) is 0. The third-order valence-corrected chi connectivity index (χ3v) is 6.20. The van der Waals surface area contributed by atoms with E-state index in [1.807, 2.05) is 0 Å². The highest BCUT2D eigenvalue weighted by Gasteiger charge is 2.23. The number of hydrogen-bond acceptors (Lipinski definition) is 0. The SMILES string of the molecule is CC(CC(CC(c1ccccc1)c1ccccc1)c1ccccc1)c1ccccc1. The van der Waals surface area contributed by atoms with Gasteiger partial charge in [-0.05, 0) is 46.9 Å². The van der Waals surface area contributed by atoms with Gasteiger partial charge in [-0.2, -0.15) is 0 Å². The van der Waals surface area contributed by atoms with Gasteiger partial charge >= 0.3 is 0 Å². The van der Waals surface area contributed by atoms with E-state index in [0.29, 0.717) is 17.8 Å². The molecule has 0 bridgehead atoms. The molecule has 0 amide bonds. The molecule has 0 N–H and O–H groups in total. The van der Waals surface area contributed by atoms with Crippen molar-refractivity contribution >= 4 is 0 Å². The van der Waals surface area contributed by atoms with E-state index in [2.05, 4.69) is 128 Å². The summed E-state index contributed by atoms with van der Waals surface area (Å²) in [5.74, 6) is 1.40.